The Labute approximate surface area is 73.1 Å². The van der Waals surface area contributed by atoms with Crippen LogP contribution < -0.4 is 0 Å². The van der Waals surface area contributed by atoms with E-state index in [0.717, 1.165) is 6.42 Å². The molecule has 4 heteroatoms. The molecular weight excluding hydrogens is 176 g/mol. The van der Waals surface area contributed by atoms with Crippen molar-refractivity contribution in [3.8, 4) is 0 Å². The van der Waals surface area contributed by atoms with E-state index in [4.69, 9.17) is 0 Å². The molecule has 1 rings (SSSR count). The molecule has 1 aliphatic rings. The monoisotopic (exact) mass is 190 g/mol. The van der Waals surface area contributed by atoms with Gasteiger partial charge in [0.1, 0.15) is 11.0 Å². The molecule has 0 aromatic heterocycles. The highest BCUT2D eigenvalue weighted by atomic mass is 32.2. The molecule has 0 bridgehead atoms. The summed E-state index contributed by atoms with van der Waals surface area (Å²) in [5.74, 6) is 0. The lowest BCUT2D eigenvalue weighted by Crippen LogP contribution is -2.49. The van der Waals surface area contributed by atoms with Crippen LogP contribution in [0.2, 0.25) is 0 Å². The molecule has 0 unspecified atom stereocenters. The Morgan fingerprint density at radius 2 is 1.83 bits per heavy atom. The van der Waals surface area contributed by atoms with Gasteiger partial charge in [-0.15, -0.1) is 0 Å². The van der Waals surface area contributed by atoms with Gasteiger partial charge in [-0.2, -0.15) is 0 Å². The zero-order chi connectivity index (χ0) is 9.41. The second kappa shape index (κ2) is 2.83. The van der Waals surface area contributed by atoms with E-state index in [0.29, 0.717) is 19.1 Å². The Morgan fingerprint density at radius 3 is 1.92 bits per heavy atom. The fourth-order valence-electron chi connectivity index (χ4n) is 1.46. The molecule has 0 N–H and O–H groups in total. The molecular formula is C8H14O3S. The van der Waals surface area contributed by atoms with Crippen LogP contribution in [0.1, 0.15) is 33.1 Å². The van der Waals surface area contributed by atoms with Gasteiger partial charge in [-0.05, 0) is 33.1 Å². The second-order valence-electron chi connectivity index (χ2n) is 3.63. The minimum absolute atomic E-state index is 0.442. The van der Waals surface area contributed by atoms with Crippen LogP contribution in [0.5, 0.6) is 0 Å². The van der Waals surface area contributed by atoms with Gasteiger partial charge in [0.25, 0.3) is 0 Å². The minimum Gasteiger partial charge on any atom is -0.302 e. The molecule has 12 heavy (non-hydrogen) atoms. The third-order valence-electron chi connectivity index (χ3n) is 2.60. The minimum atomic E-state index is -3.22. The molecule has 0 saturated heterocycles. The Kier molecular flexibility index (Phi) is 2.29. The van der Waals surface area contributed by atoms with Crippen molar-refractivity contribution in [2.45, 2.75) is 43.1 Å². The van der Waals surface area contributed by atoms with Crippen molar-refractivity contribution in [3.05, 3.63) is 0 Å². The highest BCUT2D eigenvalue weighted by molar-refractivity contribution is 7.94. The number of sulfone groups is 1. The molecule has 0 radical (unpaired) electrons. The molecule has 1 saturated carbocycles. The van der Waals surface area contributed by atoms with Gasteiger partial charge in [0, 0.05) is 0 Å². The van der Waals surface area contributed by atoms with Crippen molar-refractivity contribution in [3.63, 3.8) is 0 Å². The standard InChI is InChI=1S/C8H14O3S/c1-7(2)12(10,11)8(6-9)4-3-5-8/h6-7H,3-5H2,1-2H3. The molecule has 0 aliphatic heterocycles. The van der Waals surface area contributed by atoms with E-state index in [-0.39, 0.29) is 0 Å². The van der Waals surface area contributed by atoms with Crippen molar-refractivity contribution in [1.29, 1.82) is 0 Å². The van der Waals surface area contributed by atoms with Gasteiger partial charge >= 0.3 is 0 Å². The first-order valence-corrected chi connectivity index (χ1v) is 5.71. The van der Waals surface area contributed by atoms with Gasteiger partial charge in [-0.3, -0.25) is 0 Å². The van der Waals surface area contributed by atoms with Gasteiger partial charge in [0.15, 0.2) is 9.84 Å². The van der Waals surface area contributed by atoms with Gasteiger partial charge in [0.05, 0.1) is 5.25 Å². The van der Waals surface area contributed by atoms with Crippen molar-refractivity contribution >= 4 is 16.1 Å². The highest BCUT2D eigenvalue weighted by Gasteiger charge is 2.49. The Bertz CT molecular complexity index is 273. The third-order valence-corrected chi connectivity index (χ3v) is 5.48. The van der Waals surface area contributed by atoms with E-state index >= 15 is 0 Å². The summed E-state index contributed by atoms with van der Waals surface area (Å²) in [6, 6.07) is 0. The van der Waals surface area contributed by atoms with Crippen LogP contribution in [-0.4, -0.2) is 24.7 Å². The lowest BCUT2D eigenvalue weighted by molar-refractivity contribution is -0.111. The van der Waals surface area contributed by atoms with Crippen molar-refractivity contribution in [2.75, 3.05) is 0 Å². The first kappa shape index (κ1) is 9.71. The van der Waals surface area contributed by atoms with Crippen LogP contribution in [-0.2, 0) is 14.6 Å². The average molecular weight is 190 g/mol. The molecule has 3 nitrogen and oxygen atoms in total. The zero-order valence-electron chi connectivity index (χ0n) is 7.41. The summed E-state index contributed by atoms with van der Waals surface area (Å²) in [7, 11) is -3.22. The third kappa shape index (κ3) is 1.09. The highest BCUT2D eigenvalue weighted by Crippen LogP contribution is 2.39. The number of carbonyl (C=O) groups is 1. The summed E-state index contributed by atoms with van der Waals surface area (Å²) >= 11 is 0. The summed E-state index contributed by atoms with van der Waals surface area (Å²) in [6.07, 6.45) is 2.49. The first-order valence-electron chi connectivity index (χ1n) is 4.16. The summed E-state index contributed by atoms with van der Waals surface area (Å²) in [5.41, 5.74) is 0. The smallest absolute Gasteiger partial charge is 0.165 e. The normalized spacial score (nSPS) is 21.9. The lowest BCUT2D eigenvalue weighted by Gasteiger charge is -2.37. The fraction of sp³-hybridized carbons (Fsp3) is 0.875. The van der Waals surface area contributed by atoms with Gasteiger partial charge in [0.2, 0.25) is 0 Å². The Balaban J connectivity index is 3.01. The van der Waals surface area contributed by atoms with E-state index in [1.165, 1.54) is 0 Å². The number of rotatable bonds is 3. The summed E-state index contributed by atoms with van der Waals surface area (Å²) in [4.78, 5) is 10.7. The fourth-order valence-corrected chi connectivity index (χ4v) is 3.39. The van der Waals surface area contributed by atoms with E-state index in [9.17, 15) is 13.2 Å². The van der Waals surface area contributed by atoms with Gasteiger partial charge in [-0.25, -0.2) is 8.42 Å². The van der Waals surface area contributed by atoms with Crippen LogP contribution in [0, 0.1) is 0 Å². The number of hydrogen-bond acceptors (Lipinski definition) is 3. The predicted octanol–water partition coefficient (Wildman–Crippen LogP) is 0.931. The predicted molar refractivity (Wildman–Crippen MR) is 46.7 cm³/mol. The SMILES string of the molecule is CC(C)S(=O)(=O)C1(C=O)CCC1. The lowest BCUT2D eigenvalue weighted by atomic mass is 9.86. The topological polar surface area (TPSA) is 51.2 Å². The van der Waals surface area contributed by atoms with E-state index in [2.05, 4.69) is 0 Å². The van der Waals surface area contributed by atoms with E-state index < -0.39 is 19.8 Å². The maximum Gasteiger partial charge on any atom is 0.165 e. The number of hydrogen-bond donors (Lipinski definition) is 0. The molecule has 0 aromatic rings. The van der Waals surface area contributed by atoms with Gasteiger partial charge < -0.3 is 4.79 Å². The summed E-state index contributed by atoms with van der Waals surface area (Å²) in [5, 5.41) is -0.442. The molecule has 0 aromatic carbocycles. The van der Waals surface area contributed by atoms with Crippen molar-refractivity contribution in [1.82, 2.24) is 0 Å². The maximum absolute atomic E-state index is 11.6. The average Bonchev–Trinajstić information content (AvgIpc) is 1.85. The summed E-state index contributed by atoms with van der Waals surface area (Å²) < 4.78 is 22.2. The van der Waals surface area contributed by atoms with Crippen LogP contribution >= 0.6 is 0 Å². The zero-order valence-corrected chi connectivity index (χ0v) is 8.23. The molecule has 1 fully saturated rings. The van der Waals surface area contributed by atoms with E-state index in [1.807, 2.05) is 0 Å². The van der Waals surface area contributed by atoms with Gasteiger partial charge in [-0.1, -0.05) is 0 Å². The van der Waals surface area contributed by atoms with Crippen LogP contribution in [0.4, 0.5) is 0 Å². The molecule has 0 amide bonds. The molecule has 70 valence electrons. The van der Waals surface area contributed by atoms with Crippen LogP contribution in [0.15, 0.2) is 0 Å². The van der Waals surface area contributed by atoms with Crippen molar-refractivity contribution in [2.24, 2.45) is 0 Å². The number of aldehydes is 1. The van der Waals surface area contributed by atoms with Crippen LogP contribution in [0.3, 0.4) is 0 Å². The van der Waals surface area contributed by atoms with E-state index in [1.54, 1.807) is 13.8 Å². The Hall–Kier alpha value is -0.380. The quantitative estimate of drug-likeness (QED) is 0.622. The largest absolute Gasteiger partial charge is 0.302 e. The molecule has 0 heterocycles. The second-order valence-corrected chi connectivity index (χ2v) is 6.48. The molecule has 1 aliphatic carbocycles. The molecule has 0 atom stereocenters. The summed E-state index contributed by atoms with van der Waals surface area (Å²) in [6.45, 7) is 3.25. The van der Waals surface area contributed by atoms with Crippen molar-refractivity contribution < 1.29 is 13.2 Å². The maximum atomic E-state index is 11.6. The molecule has 0 spiro atoms. The number of carbonyl (C=O) groups excluding carboxylic acids is 1. The van der Waals surface area contributed by atoms with Crippen LogP contribution in [0.25, 0.3) is 0 Å². The Morgan fingerprint density at radius 1 is 1.33 bits per heavy atom. The first-order chi connectivity index (χ1) is 5.46.